The van der Waals surface area contributed by atoms with E-state index < -0.39 is 17.5 Å². The number of hydrogen-bond acceptors (Lipinski definition) is 6. The van der Waals surface area contributed by atoms with Crippen LogP contribution >= 0.6 is 0 Å². The van der Waals surface area contributed by atoms with Gasteiger partial charge in [-0.05, 0) is 71.9 Å². The Morgan fingerprint density at radius 3 is 2.32 bits per heavy atom. The zero-order valence-corrected chi connectivity index (χ0v) is 23.0. The van der Waals surface area contributed by atoms with E-state index in [2.05, 4.69) is 10.2 Å². The molecule has 4 rings (SSSR count). The number of fused-ring (bicyclic) bond motifs is 3. The van der Waals surface area contributed by atoms with Crippen molar-refractivity contribution in [1.29, 1.82) is 0 Å². The first-order valence-electron chi connectivity index (χ1n) is 13.4. The molecule has 2 saturated heterocycles. The standard InChI is InChI=1S/C27H40N6O5/c1-17(2)32-21-9-6-7-10-22(21)33(25(32)36)24(35)29-18-15-19-11-12-20(16-18)31(19)13-8-14-38-26(37)30(5)27(3,4)23(28)34/h6-7,9-10,17-20H,8,11-16H2,1-5H3,(H2,28,34)(H,29,35)/t18-,19+,20-. The van der Waals surface area contributed by atoms with Crippen molar-refractivity contribution in [2.45, 2.75) is 89.5 Å². The molecular weight excluding hydrogens is 488 g/mol. The quantitative estimate of drug-likeness (QED) is 0.507. The molecule has 0 spiro atoms. The summed E-state index contributed by atoms with van der Waals surface area (Å²) in [4.78, 5) is 54.0. The van der Waals surface area contributed by atoms with E-state index in [0.717, 1.165) is 37.7 Å². The fraction of sp³-hybridized carbons (Fsp3) is 0.630. The normalized spacial score (nSPS) is 21.6. The Kier molecular flexibility index (Phi) is 7.87. The molecule has 0 unspecified atom stereocenters. The van der Waals surface area contributed by atoms with Crippen LogP contribution in [0.3, 0.4) is 0 Å². The number of imidazole rings is 1. The van der Waals surface area contributed by atoms with E-state index in [4.69, 9.17) is 10.5 Å². The van der Waals surface area contributed by atoms with Crippen LogP contribution in [0.4, 0.5) is 9.59 Å². The van der Waals surface area contributed by atoms with Gasteiger partial charge in [0, 0.05) is 37.8 Å². The lowest BCUT2D eigenvalue weighted by Crippen LogP contribution is -2.54. The molecule has 2 aliphatic heterocycles. The first-order chi connectivity index (χ1) is 17.9. The number of nitrogens with one attached hydrogen (secondary N) is 1. The van der Waals surface area contributed by atoms with Crippen molar-refractivity contribution >= 4 is 29.1 Å². The number of hydrogen-bond donors (Lipinski definition) is 2. The van der Waals surface area contributed by atoms with Crippen molar-refractivity contribution in [3.63, 3.8) is 0 Å². The van der Waals surface area contributed by atoms with Crippen molar-refractivity contribution in [1.82, 2.24) is 24.3 Å². The highest BCUT2D eigenvalue weighted by Gasteiger charge is 2.41. The summed E-state index contributed by atoms with van der Waals surface area (Å²) in [5.41, 5.74) is 5.30. The largest absolute Gasteiger partial charge is 0.449 e. The molecule has 11 nitrogen and oxygen atoms in total. The van der Waals surface area contributed by atoms with Gasteiger partial charge in [0.05, 0.1) is 17.6 Å². The maximum atomic E-state index is 13.3. The zero-order valence-electron chi connectivity index (χ0n) is 23.0. The van der Waals surface area contributed by atoms with E-state index in [9.17, 15) is 19.2 Å². The highest BCUT2D eigenvalue weighted by Crippen LogP contribution is 2.36. The van der Waals surface area contributed by atoms with E-state index >= 15 is 0 Å². The van der Waals surface area contributed by atoms with E-state index in [1.165, 1.54) is 16.5 Å². The lowest BCUT2D eigenvalue weighted by molar-refractivity contribution is -0.126. The van der Waals surface area contributed by atoms with Crippen LogP contribution in [0.25, 0.3) is 11.0 Å². The maximum absolute atomic E-state index is 13.3. The number of aromatic nitrogens is 2. The Morgan fingerprint density at radius 2 is 1.74 bits per heavy atom. The SMILES string of the molecule is CC(C)n1c(=O)n(C(=O)N[C@H]2C[C@H]3CC[C@@H](C2)N3CCCOC(=O)N(C)C(C)(C)C(N)=O)c2ccccc21. The van der Waals surface area contributed by atoms with Crippen LogP contribution in [0.5, 0.6) is 0 Å². The average molecular weight is 529 g/mol. The van der Waals surface area contributed by atoms with Crippen LogP contribution in [0.15, 0.2) is 29.1 Å². The van der Waals surface area contributed by atoms with Gasteiger partial charge in [-0.25, -0.2) is 19.0 Å². The molecule has 0 aliphatic carbocycles. The Bertz CT molecular complexity index is 1250. The van der Waals surface area contributed by atoms with Crippen LogP contribution in [0, 0.1) is 0 Å². The predicted octanol–water partition coefficient (Wildman–Crippen LogP) is 2.66. The summed E-state index contributed by atoms with van der Waals surface area (Å²) < 4.78 is 8.28. The second-order valence-corrected chi connectivity index (χ2v) is 11.3. The number of piperidine rings is 1. The summed E-state index contributed by atoms with van der Waals surface area (Å²) in [5, 5.41) is 3.13. The van der Waals surface area contributed by atoms with Crippen LogP contribution in [-0.2, 0) is 9.53 Å². The summed E-state index contributed by atoms with van der Waals surface area (Å²) in [6.07, 6.45) is 3.83. The first kappa shape index (κ1) is 27.7. The zero-order chi connectivity index (χ0) is 27.8. The minimum atomic E-state index is -1.13. The molecule has 0 saturated carbocycles. The van der Waals surface area contributed by atoms with Gasteiger partial charge in [-0.3, -0.25) is 19.2 Å². The number of rotatable bonds is 8. The Balaban J connectivity index is 1.32. The summed E-state index contributed by atoms with van der Waals surface area (Å²) in [5.74, 6) is -0.598. The number of benzene rings is 1. The molecule has 38 heavy (non-hydrogen) atoms. The third-order valence-electron chi connectivity index (χ3n) is 8.21. The highest BCUT2D eigenvalue weighted by atomic mass is 16.6. The van der Waals surface area contributed by atoms with Crippen LogP contribution < -0.4 is 16.7 Å². The Hall–Kier alpha value is -3.34. The van der Waals surface area contributed by atoms with Gasteiger partial charge in [0.2, 0.25) is 5.91 Å². The molecule has 0 radical (unpaired) electrons. The van der Waals surface area contributed by atoms with Gasteiger partial charge in [0.1, 0.15) is 5.54 Å². The van der Waals surface area contributed by atoms with Crippen LogP contribution in [-0.4, -0.2) is 80.8 Å². The van der Waals surface area contributed by atoms with Crippen molar-refractivity contribution < 1.29 is 19.1 Å². The summed E-state index contributed by atoms with van der Waals surface area (Å²) in [6, 6.07) is 7.61. The monoisotopic (exact) mass is 528 g/mol. The molecule has 11 heteroatoms. The number of nitrogens with zero attached hydrogens (tertiary/aromatic N) is 4. The number of para-hydroxylation sites is 2. The maximum Gasteiger partial charge on any atom is 0.410 e. The lowest BCUT2D eigenvalue weighted by Gasteiger charge is -2.39. The first-order valence-corrected chi connectivity index (χ1v) is 13.4. The number of primary amides is 1. The number of ether oxygens (including phenoxy) is 1. The van der Waals surface area contributed by atoms with Gasteiger partial charge < -0.3 is 15.8 Å². The van der Waals surface area contributed by atoms with Crippen molar-refractivity contribution in [3.05, 3.63) is 34.7 Å². The van der Waals surface area contributed by atoms with Gasteiger partial charge in [0.15, 0.2) is 0 Å². The molecule has 3 N–H and O–H groups in total. The number of amides is 3. The topological polar surface area (TPSA) is 132 Å². The second-order valence-electron chi connectivity index (χ2n) is 11.3. The molecule has 3 heterocycles. The lowest BCUT2D eigenvalue weighted by atomic mass is 9.97. The van der Waals surface area contributed by atoms with Gasteiger partial charge in [-0.2, -0.15) is 0 Å². The minimum absolute atomic E-state index is 0.00757. The third kappa shape index (κ3) is 5.16. The number of nitrogens with two attached hydrogens (primary N) is 1. The predicted molar refractivity (Wildman–Crippen MR) is 144 cm³/mol. The molecule has 2 bridgehead atoms. The minimum Gasteiger partial charge on any atom is -0.449 e. The molecule has 1 aromatic carbocycles. The summed E-state index contributed by atoms with van der Waals surface area (Å²) in [7, 11) is 1.50. The second kappa shape index (κ2) is 10.8. The molecular formula is C27H40N6O5. The van der Waals surface area contributed by atoms with Crippen molar-refractivity contribution in [3.8, 4) is 0 Å². The third-order valence-corrected chi connectivity index (χ3v) is 8.21. The molecule has 1 aromatic heterocycles. The fourth-order valence-electron chi connectivity index (χ4n) is 5.76. The van der Waals surface area contributed by atoms with E-state index in [-0.39, 0.29) is 30.4 Å². The highest BCUT2D eigenvalue weighted by molar-refractivity contribution is 5.89. The van der Waals surface area contributed by atoms with E-state index in [1.54, 1.807) is 24.5 Å². The smallest absolute Gasteiger partial charge is 0.410 e. The number of likely N-dealkylation sites (N-methyl/N-ethyl adjacent to an activating group) is 1. The van der Waals surface area contributed by atoms with Crippen molar-refractivity contribution in [2.24, 2.45) is 5.73 Å². The van der Waals surface area contributed by atoms with E-state index in [0.29, 0.717) is 24.0 Å². The molecule has 208 valence electrons. The molecule has 2 aromatic rings. The van der Waals surface area contributed by atoms with Gasteiger partial charge in [-0.1, -0.05) is 12.1 Å². The summed E-state index contributed by atoms with van der Waals surface area (Å²) >= 11 is 0. The number of carbonyl (C=O) groups is 3. The average Bonchev–Trinajstić information content (AvgIpc) is 3.29. The van der Waals surface area contributed by atoms with Crippen LogP contribution in [0.2, 0.25) is 0 Å². The van der Waals surface area contributed by atoms with Crippen molar-refractivity contribution in [2.75, 3.05) is 20.2 Å². The van der Waals surface area contributed by atoms with Gasteiger partial charge in [0.25, 0.3) is 0 Å². The Morgan fingerprint density at radius 1 is 1.13 bits per heavy atom. The number of carbonyl (C=O) groups excluding carboxylic acids is 3. The summed E-state index contributed by atoms with van der Waals surface area (Å²) in [6.45, 7) is 8.06. The molecule has 3 atom stereocenters. The van der Waals surface area contributed by atoms with Gasteiger partial charge >= 0.3 is 17.8 Å². The van der Waals surface area contributed by atoms with E-state index in [1.807, 2.05) is 32.0 Å². The molecule has 2 aliphatic rings. The van der Waals surface area contributed by atoms with Gasteiger partial charge in [-0.15, -0.1) is 0 Å². The fourth-order valence-corrected chi connectivity index (χ4v) is 5.76. The Labute approximate surface area is 222 Å². The molecule has 3 amide bonds. The molecule has 2 fully saturated rings. The van der Waals surface area contributed by atoms with Crippen LogP contribution in [0.1, 0.15) is 65.8 Å².